The molecule has 0 aromatic carbocycles. The number of carboxylic acid groups (broad SMARTS) is 1. The van der Waals surface area contributed by atoms with Gasteiger partial charge in [0, 0.05) is 6.54 Å². The molecule has 0 fully saturated rings. The number of aliphatic carboxylic acids is 1. The molecule has 0 heterocycles. The van der Waals surface area contributed by atoms with Crippen molar-refractivity contribution >= 4 is 17.9 Å². The van der Waals surface area contributed by atoms with Gasteiger partial charge in [0.15, 0.2) is 0 Å². The van der Waals surface area contributed by atoms with Crippen LogP contribution in [0.15, 0.2) is 0 Å². The first-order valence-electron chi connectivity index (χ1n) is 4.45. The van der Waals surface area contributed by atoms with Gasteiger partial charge in [0.1, 0.15) is 12.6 Å². The highest BCUT2D eigenvalue weighted by Gasteiger charge is 2.19. The zero-order valence-corrected chi connectivity index (χ0v) is 8.69. The van der Waals surface area contributed by atoms with Crippen LogP contribution in [-0.2, 0) is 9.59 Å². The van der Waals surface area contributed by atoms with Gasteiger partial charge >= 0.3 is 12.0 Å². The first-order valence-corrected chi connectivity index (χ1v) is 4.45. The summed E-state index contributed by atoms with van der Waals surface area (Å²) in [6, 6.07) is -1.62. The van der Waals surface area contributed by atoms with Crippen LogP contribution in [0.2, 0.25) is 0 Å². The highest BCUT2D eigenvalue weighted by Crippen LogP contribution is 1.91. The van der Waals surface area contributed by atoms with Crippen LogP contribution < -0.4 is 11.1 Å². The highest BCUT2D eigenvalue weighted by molar-refractivity contribution is 5.85. The number of carboxylic acids is 1. The molecule has 7 nitrogen and oxygen atoms in total. The van der Waals surface area contributed by atoms with E-state index in [1.807, 2.05) is 0 Å². The summed E-state index contributed by atoms with van der Waals surface area (Å²) < 4.78 is 0. The summed E-state index contributed by atoms with van der Waals surface area (Å²) in [5.41, 5.74) is 4.92. The molecule has 0 aliphatic rings. The van der Waals surface area contributed by atoms with Crippen LogP contribution in [0.4, 0.5) is 4.79 Å². The van der Waals surface area contributed by atoms with E-state index in [0.29, 0.717) is 0 Å². The van der Waals surface area contributed by atoms with Gasteiger partial charge in [-0.1, -0.05) is 0 Å². The molecule has 15 heavy (non-hydrogen) atoms. The molecular weight excluding hydrogens is 202 g/mol. The average Bonchev–Trinajstić information content (AvgIpc) is 2.13. The number of primary amides is 1. The lowest BCUT2D eigenvalue weighted by molar-refractivity contribution is -0.138. The van der Waals surface area contributed by atoms with Crippen LogP contribution in [0.25, 0.3) is 0 Å². The Kier molecular flexibility index (Phi) is 5.14. The molecule has 0 saturated carbocycles. The number of nitrogens with one attached hydrogen (secondary N) is 1. The average molecular weight is 217 g/mol. The number of rotatable bonds is 5. The molecular formula is C8H15N3O4. The fraction of sp³-hybridized carbons (Fsp3) is 0.625. The smallest absolute Gasteiger partial charge is 0.325 e. The van der Waals surface area contributed by atoms with E-state index in [-0.39, 0.29) is 13.1 Å². The molecule has 0 bridgehead atoms. The number of urea groups is 1. The summed E-state index contributed by atoms with van der Waals surface area (Å²) in [7, 11) is 0. The number of hydrogen-bond acceptors (Lipinski definition) is 3. The lowest BCUT2D eigenvalue weighted by Gasteiger charge is -2.21. The zero-order chi connectivity index (χ0) is 12.0. The van der Waals surface area contributed by atoms with Crippen LogP contribution in [0, 0.1) is 0 Å². The van der Waals surface area contributed by atoms with Crippen molar-refractivity contribution in [2.45, 2.75) is 19.9 Å². The SMILES string of the molecule is CCN(CC(N)=O)C(=O)NC(C)C(=O)O. The Hall–Kier alpha value is -1.79. The number of carbonyl (C=O) groups excluding carboxylic acids is 2. The van der Waals surface area contributed by atoms with E-state index in [1.54, 1.807) is 6.92 Å². The van der Waals surface area contributed by atoms with Gasteiger partial charge < -0.3 is 21.1 Å². The zero-order valence-electron chi connectivity index (χ0n) is 8.69. The van der Waals surface area contributed by atoms with Crippen LogP contribution >= 0.6 is 0 Å². The number of likely N-dealkylation sites (N-methyl/N-ethyl adjacent to an activating group) is 1. The molecule has 0 aromatic rings. The van der Waals surface area contributed by atoms with Crippen molar-refractivity contribution in [1.82, 2.24) is 10.2 Å². The molecule has 0 rings (SSSR count). The molecule has 7 heteroatoms. The molecule has 0 aliphatic carbocycles. The van der Waals surface area contributed by atoms with E-state index in [0.717, 1.165) is 4.90 Å². The van der Waals surface area contributed by atoms with Crippen molar-refractivity contribution in [3.63, 3.8) is 0 Å². The molecule has 1 unspecified atom stereocenters. The normalized spacial score (nSPS) is 11.6. The van der Waals surface area contributed by atoms with E-state index < -0.39 is 23.9 Å². The van der Waals surface area contributed by atoms with Crippen molar-refractivity contribution in [2.75, 3.05) is 13.1 Å². The first kappa shape index (κ1) is 13.2. The van der Waals surface area contributed by atoms with Crippen molar-refractivity contribution in [3.05, 3.63) is 0 Å². The molecule has 0 aliphatic heterocycles. The molecule has 0 aromatic heterocycles. The first-order chi connectivity index (χ1) is 6.88. The Bertz CT molecular complexity index is 267. The van der Waals surface area contributed by atoms with Crippen molar-refractivity contribution in [2.24, 2.45) is 5.73 Å². The van der Waals surface area contributed by atoms with Crippen LogP contribution in [0.5, 0.6) is 0 Å². The summed E-state index contributed by atoms with van der Waals surface area (Å²) in [4.78, 5) is 33.5. The van der Waals surface area contributed by atoms with Gasteiger partial charge in [-0.15, -0.1) is 0 Å². The van der Waals surface area contributed by atoms with Gasteiger partial charge in [-0.25, -0.2) is 4.79 Å². The van der Waals surface area contributed by atoms with E-state index in [4.69, 9.17) is 10.8 Å². The number of carbonyl (C=O) groups is 3. The molecule has 0 spiro atoms. The maximum Gasteiger partial charge on any atom is 0.325 e. The standard InChI is InChI=1S/C8H15N3O4/c1-3-11(4-6(9)12)8(15)10-5(2)7(13)14/h5H,3-4H2,1-2H3,(H2,9,12)(H,10,15)(H,13,14). The lowest BCUT2D eigenvalue weighted by atomic mass is 10.3. The number of hydrogen-bond donors (Lipinski definition) is 3. The largest absolute Gasteiger partial charge is 0.480 e. The van der Waals surface area contributed by atoms with Crippen molar-refractivity contribution in [3.8, 4) is 0 Å². The fourth-order valence-corrected chi connectivity index (χ4v) is 0.854. The third kappa shape index (κ3) is 4.84. The Labute approximate surface area is 87.2 Å². The molecule has 86 valence electrons. The molecule has 1 atom stereocenters. The van der Waals surface area contributed by atoms with Gasteiger partial charge in [-0.3, -0.25) is 9.59 Å². The topological polar surface area (TPSA) is 113 Å². The predicted octanol–water partition coefficient (Wildman–Crippen LogP) is -1.02. The monoisotopic (exact) mass is 217 g/mol. The Morgan fingerprint density at radius 3 is 2.33 bits per heavy atom. The number of amides is 3. The molecule has 0 radical (unpaired) electrons. The Morgan fingerprint density at radius 1 is 1.47 bits per heavy atom. The van der Waals surface area contributed by atoms with Crippen LogP contribution in [0.1, 0.15) is 13.8 Å². The number of nitrogens with zero attached hydrogens (tertiary/aromatic N) is 1. The second kappa shape index (κ2) is 5.84. The molecule has 3 amide bonds. The Morgan fingerprint density at radius 2 is 2.00 bits per heavy atom. The minimum Gasteiger partial charge on any atom is -0.480 e. The highest BCUT2D eigenvalue weighted by atomic mass is 16.4. The van der Waals surface area contributed by atoms with Gasteiger partial charge in [0.05, 0.1) is 0 Å². The Balaban J connectivity index is 4.27. The maximum atomic E-state index is 11.4. The summed E-state index contributed by atoms with van der Waals surface area (Å²) in [5, 5.41) is 10.8. The quantitative estimate of drug-likeness (QED) is 0.546. The van der Waals surface area contributed by atoms with Crippen LogP contribution in [-0.4, -0.2) is 47.0 Å². The van der Waals surface area contributed by atoms with Gasteiger partial charge in [0.25, 0.3) is 0 Å². The third-order valence-electron chi connectivity index (χ3n) is 1.73. The van der Waals surface area contributed by atoms with E-state index in [1.165, 1.54) is 6.92 Å². The van der Waals surface area contributed by atoms with Crippen molar-refractivity contribution < 1.29 is 19.5 Å². The summed E-state index contributed by atoms with van der Waals surface area (Å²) >= 11 is 0. The molecule has 0 saturated heterocycles. The lowest BCUT2D eigenvalue weighted by Crippen LogP contribution is -2.48. The minimum absolute atomic E-state index is 0.228. The second-order valence-corrected chi connectivity index (χ2v) is 2.99. The summed E-state index contributed by atoms with van der Waals surface area (Å²) in [6.07, 6.45) is 0. The second-order valence-electron chi connectivity index (χ2n) is 2.99. The van der Waals surface area contributed by atoms with E-state index in [9.17, 15) is 14.4 Å². The van der Waals surface area contributed by atoms with E-state index >= 15 is 0 Å². The predicted molar refractivity (Wildman–Crippen MR) is 52.1 cm³/mol. The fourth-order valence-electron chi connectivity index (χ4n) is 0.854. The number of nitrogens with two attached hydrogens (primary N) is 1. The van der Waals surface area contributed by atoms with Gasteiger partial charge in [0.2, 0.25) is 5.91 Å². The third-order valence-corrected chi connectivity index (χ3v) is 1.73. The maximum absolute atomic E-state index is 11.4. The molecule has 4 N–H and O–H groups in total. The van der Waals surface area contributed by atoms with Crippen LogP contribution in [0.3, 0.4) is 0 Å². The summed E-state index contributed by atoms with van der Waals surface area (Å²) in [6.45, 7) is 3.04. The van der Waals surface area contributed by atoms with E-state index in [2.05, 4.69) is 5.32 Å². The van der Waals surface area contributed by atoms with Gasteiger partial charge in [-0.2, -0.15) is 0 Å². The van der Waals surface area contributed by atoms with Crippen molar-refractivity contribution in [1.29, 1.82) is 0 Å². The minimum atomic E-state index is -1.14. The van der Waals surface area contributed by atoms with Gasteiger partial charge in [-0.05, 0) is 13.8 Å². The summed E-state index contributed by atoms with van der Waals surface area (Å²) in [5.74, 6) is -1.78.